The molecule has 1 unspecified atom stereocenters. The summed E-state index contributed by atoms with van der Waals surface area (Å²) in [6.07, 6.45) is 0.415. The highest BCUT2D eigenvalue weighted by Gasteiger charge is 2.29. The number of nitrogens with zero attached hydrogens (tertiary/aromatic N) is 2. The Bertz CT molecular complexity index is 840. The van der Waals surface area contributed by atoms with Crippen LogP contribution in [-0.4, -0.2) is 40.1 Å². The Kier molecular flexibility index (Phi) is 6.06. The molecular weight excluding hydrogens is 334 g/mol. The first-order valence-electron chi connectivity index (χ1n) is 8.12. The number of ether oxygens (including phenoxy) is 1. The van der Waals surface area contributed by atoms with E-state index in [2.05, 4.69) is 17.0 Å². The summed E-state index contributed by atoms with van der Waals surface area (Å²) in [7, 11) is 0. The summed E-state index contributed by atoms with van der Waals surface area (Å²) >= 11 is 0. The van der Waals surface area contributed by atoms with Crippen molar-refractivity contribution in [1.29, 1.82) is 0 Å². The van der Waals surface area contributed by atoms with E-state index in [1.807, 2.05) is 30.3 Å². The van der Waals surface area contributed by atoms with Crippen molar-refractivity contribution in [3.63, 3.8) is 0 Å². The molecular formula is C19H21N3O4. The van der Waals surface area contributed by atoms with Crippen LogP contribution < -0.4 is 5.32 Å². The predicted octanol–water partition coefficient (Wildman–Crippen LogP) is 1.91. The molecule has 1 atom stereocenters. The lowest BCUT2D eigenvalue weighted by atomic mass is 10.1. The maximum absolute atomic E-state index is 12.5. The van der Waals surface area contributed by atoms with Gasteiger partial charge in [0, 0.05) is 6.54 Å². The van der Waals surface area contributed by atoms with E-state index in [9.17, 15) is 14.4 Å². The Morgan fingerprint density at radius 2 is 1.92 bits per heavy atom. The lowest BCUT2D eigenvalue weighted by Crippen LogP contribution is -2.37. The van der Waals surface area contributed by atoms with Crippen LogP contribution in [0.15, 0.2) is 43.0 Å². The Morgan fingerprint density at radius 1 is 1.27 bits per heavy atom. The molecule has 26 heavy (non-hydrogen) atoms. The number of carbonyl (C=O) groups is 3. The third-order valence-electron chi connectivity index (χ3n) is 3.78. The van der Waals surface area contributed by atoms with Crippen LogP contribution in [0.4, 0.5) is 0 Å². The quantitative estimate of drug-likeness (QED) is 0.355. The number of carbonyl (C=O) groups excluding carboxylic acids is 3. The standard InChI is InChI=1S/C19H21N3O4/c1-5-11-20-18(24)14(4)26-19(25)17(23)16-12(2)21-22(13(16)3)15-9-7-6-8-10-15/h5-10,14H,1,11H2,2-4H3,(H,20,24). The van der Waals surface area contributed by atoms with E-state index in [1.54, 1.807) is 18.5 Å². The van der Waals surface area contributed by atoms with Gasteiger partial charge in [-0.3, -0.25) is 9.59 Å². The van der Waals surface area contributed by atoms with Crippen molar-refractivity contribution in [1.82, 2.24) is 15.1 Å². The number of ketones is 1. The van der Waals surface area contributed by atoms with Gasteiger partial charge in [-0.25, -0.2) is 9.48 Å². The molecule has 0 saturated carbocycles. The van der Waals surface area contributed by atoms with E-state index < -0.39 is 23.8 Å². The van der Waals surface area contributed by atoms with Gasteiger partial charge >= 0.3 is 5.97 Å². The third-order valence-corrected chi connectivity index (χ3v) is 3.78. The molecule has 1 amide bonds. The van der Waals surface area contributed by atoms with Gasteiger partial charge in [-0.05, 0) is 32.9 Å². The maximum Gasteiger partial charge on any atom is 0.380 e. The molecule has 0 fully saturated rings. The second kappa shape index (κ2) is 8.24. The molecule has 0 radical (unpaired) electrons. The monoisotopic (exact) mass is 355 g/mol. The van der Waals surface area contributed by atoms with Crippen LogP contribution in [0.25, 0.3) is 5.69 Å². The van der Waals surface area contributed by atoms with Gasteiger partial charge in [0.15, 0.2) is 6.10 Å². The zero-order chi connectivity index (χ0) is 19.3. The summed E-state index contributed by atoms with van der Waals surface area (Å²) in [5, 5.41) is 6.84. The van der Waals surface area contributed by atoms with Crippen LogP contribution in [0.2, 0.25) is 0 Å². The van der Waals surface area contributed by atoms with Crippen molar-refractivity contribution in [2.75, 3.05) is 6.54 Å². The van der Waals surface area contributed by atoms with E-state index in [-0.39, 0.29) is 12.1 Å². The number of aryl methyl sites for hydroxylation is 1. The molecule has 1 aromatic carbocycles. The molecule has 0 aliphatic rings. The van der Waals surface area contributed by atoms with Gasteiger partial charge in [-0.1, -0.05) is 24.3 Å². The highest BCUT2D eigenvalue weighted by Crippen LogP contribution is 2.19. The van der Waals surface area contributed by atoms with Gasteiger partial charge in [-0.15, -0.1) is 6.58 Å². The van der Waals surface area contributed by atoms with Gasteiger partial charge in [0.25, 0.3) is 11.7 Å². The molecule has 7 heteroatoms. The van der Waals surface area contributed by atoms with Crippen LogP contribution in [0.5, 0.6) is 0 Å². The summed E-state index contributed by atoms with van der Waals surface area (Å²) in [5.74, 6) is -2.42. The Labute approximate surface area is 151 Å². The smallest absolute Gasteiger partial charge is 0.380 e. The van der Waals surface area contributed by atoms with Crippen molar-refractivity contribution >= 4 is 17.7 Å². The number of hydrogen-bond acceptors (Lipinski definition) is 5. The molecule has 0 bridgehead atoms. The van der Waals surface area contributed by atoms with Crippen molar-refractivity contribution in [2.45, 2.75) is 26.9 Å². The number of rotatable bonds is 7. The Balaban J connectivity index is 2.19. The van der Waals surface area contributed by atoms with Gasteiger partial charge in [-0.2, -0.15) is 5.10 Å². The molecule has 2 rings (SSSR count). The number of nitrogens with one attached hydrogen (secondary N) is 1. The maximum atomic E-state index is 12.5. The summed E-state index contributed by atoms with van der Waals surface area (Å²) < 4.78 is 6.57. The lowest BCUT2D eigenvalue weighted by Gasteiger charge is -2.12. The molecule has 0 aliphatic heterocycles. The predicted molar refractivity (Wildman–Crippen MR) is 96.1 cm³/mol. The molecule has 136 valence electrons. The second-order valence-electron chi connectivity index (χ2n) is 5.70. The third kappa shape index (κ3) is 4.05. The summed E-state index contributed by atoms with van der Waals surface area (Å²) in [6.45, 7) is 8.48. The zero-order valence-electron chi connectivity index (χ0n) is 15.0. The average molecular weight is 355 g/mol. The first-order valence-corrected chi connectivity index (χ1v) is 8.12. The SMILES string of the molecule is C=CCNC(=O)C(C)OC(=O)C(=O)c1c(C)nn(-c2ccccc2)c1C. The van der Waals surface area contributed by atoms with Gasteiger partial charge < -0.3 is 10.1 Å². The summed E-state index contributed by atoms with van der Waals surface area (Å²) in [4.78, 5) is 36.5. The van der Waals surface area contributed by atoms with E-state index in [1.165, 1.54) is 13.0 Å². The second-order valence-corrected chi connectivity index (χ2v) is 5.70. The first-order chi connectivity index (χ1) is 12.4. The summed E-state index contributed by atoms with van der Waals surface area (Å²) in [6, 6.07) is 9.27. The fourth-order valence-electron chi connectivity index (χ4n) is 2.48. The molecule has 0 saturated heterocycles. The molecule has 2 aromatic rings. The van der Waals surface area contributed by atoms with Crippen molar-refractivity contribution in [3.8, 4) is 5.69 Å². The fraction of sp³-hybridized carbons (Fsp3) is 0.263. The van der Waals surface area contributed by atoms with Crippen LogP contribution in [0.1, 0.15) is 28.7 Å². The Morgan fingerprint density at radius 3 is 2.54 bits per heavy atom. The Hall–Kier alpha value is -3.22. The van der Waals surface area contributed by atoms with E-state index in [4.69, 9.17) is 4.74 Å². The topological polar surface area (TPSA) is 90.3 Å². The zero-order valence-corrected chi connectivity index (χ0v) is 15.0. The number of aromatic nitrogens is 2. The number of Topliss-reactive ketones (excluding diaryl/α,β-unsaturated/α-hetero) is 1. The number of benzene rings is 1. The molecule has 1 heterocycles. The van der Waals surface area contributed by atoms with Gasteiger partial charge in [0.2, 0.25) is 0 Å². The van der Waals surface area contributed by atoms with Crippen LogP contribution in [-0.2, 0) is 14.3 Å². The minimum absolute atomic E-state index is 0.178. The van der Waals surface area contributed by atoms with E-state index in [0.29, 0.717) is 11.4 Å². The normalized spacial score (nSPS) is 11.5. The van der Waals surface area contributed by atoms with E-state index >= 15 is 0 Å². The molecule has 1 aromatic heterocycles. The minimum atomic E-state index is -1.09. The molecule has 0 aliphatic carbocycles. The number of amides is 1. The fourth-order valence-corrected chi connectivity index (χ4v) is 2.48. The van der Waals surface area contributed by atoms with Crippen LogP contribution >= 0.6 is 0 Å². The number of hydrogen-bond donors (Lipinski definition) is 1. The van der Waals surface area contributed by atoms with Crippen LogP contribution in [0.3, 0.4) is 0 Å². The highest BCUT2D eigenvalue weighted by molar-refractivity contribution is 6.41. The molecule has 1 N–H and O–H groups in total. The van der Waals surface area contributed by atoms with Gasteiger partial charge in [0.05, 0.1) is 22.6 Å². The minimum Gasteiger partial charge on any atom is -0.447 e. The average Bonchev–Trinajstić information content (AvgIpc) is 2.93. The molecule has 0 spiro atoms. The van der Waals surface area contributed by atoms with Crippen LogP contribution in [0, 0.1) is 13.8 Å². The number of para-hydroxylation sites is 1. The first kappa shape index (κ1) is 19.1. The van der Waals surface area contributed by atoms with Crippen molar-refractivity contribution in [2.24, 2.45) is 0 Å². The summed E-state index contributed by atoms with van der Waals surface area (Å²) in [5.41, 5.74) is 1.90. The van der Waals surface area contributed by atoms with E-state index in [0.717, 1.165) is 5.69 Å². The molecule has 7 nitrogen and oxygen atoms in total. The largest absolute Gasteiger partial charge is 0.447 e. The van der Waals surface area contributed by atoms with Gasteiger partial charge in [0.1, 0.15) is 0 Å². The lowest BCUT2D eigenvalue weighted by molar-refractivity contribution is -0.150. The highest BCUT2D eigenvalue weighted by atomic mass is 16.6. The van der Waals surface area contributed by atoms with Crippen molar-refractivity contribution < 1.29 is 19.1 Å². The number of esters is 1. The van der Waals surface area contributed by atoms with Crippen molar-refractivity contribution in [3.05, 3.63) is 59.9 Å².